The van der Waals surface area contributed by atoms with Crippen molar-refractivity contribution in [1.29, 1.82) is 0 Å². The molecule has 0 saturated heterocycles. The second kappa shape index (κ2) is 11.6. The molecule has 0 bridgehead atoms. The highest BCUT2D eigenvalue weighted by Crippen LogP contribution is 2.31. The first-order valence-electron chi connectivity index (χ1n) is 10.9. The largest absolute Gasteiger partial charge is 0.449 e. The highest BCUT2D eigenvalue weighted by Gasteiger charge is 2.31. The molecule has 9 heteroatoms. The zero-order chi connectivity index (χ0) is 24.5. The first-order valence-corrected chi connectivity index (χ1v) is 10.9. The van der Waals surface area contributed by atoms with E-state index in [2.05, 4.69) is 10.3 Å². The topological polar surface area (TPSA) is 123 Å². The van der Waals surface area contributed by atoms with Gasteiger partial charge in [-0.3, -0.25) is 4.79 Å². The van der Waals surface area contributed by atoms with E-state index >= 15 is 0 Å². The van der Waals surface area contributed by atoms with Crippen LogP contribution in [0, 0.1) is 5.92 Å². The van der Waals surface area contributed by atoms with Crippen molar-refractivity contribution < 1.29 is 23.9 Å². The Labute approximate surface area is 198 Å². The Morgan fingerprint density at radius 1 is 1.15 bits per heavy atom. The second-order valence-electron chi connectivity index (χ2n) is 7.98. The Bertz CT molecular complexity index is 1100. The van der Waals surface area contributed by atoms with Gasteiger partial charge in [0.2, 0.25) is 6.41 Å². The molecule has 3 N–H and O–H groups in total. The second-order valence-corrected chi connectivity index (χ2v) is 7.98. The third-order valence-electron chi connectivity index (χ3n) is 4.95. The minimum Gasteiger partial charge on any atom is -0.449 e. The van der Waals surface area contributed by atoms with E-state index in [0.29, 0.717) is 28.8 Å². The Morgan fingerprint density at radius 3 is 2.53 bits per heavy atom. The van der Waals surface area contributed by atoms with Gasteiger partial charge in [-0.2, -0.15) is 0 Å². The predicted molar refractivity (Wildman–Crippen MR) is 129 cm³/mol. The fraction of sp³-hybridized carbons (Fsp3) is 0.280. The highest BCUT2D eigenvalue weighted by atomic mass is 16.6. The average molecular weight is 465 g/mol. The normalized spacial score (nSPS) is 13.7. The Kier molecular flexibility index (Phi) is 8.39. The minimum atomic E-state index is -0.765. The summed E-state index contributed by atoms with van der Waals surface area (Å²) in [6.45, 7) is 4.47. The third kappa shape index (κ3) is 6.00. The molecule has 0 spiro atoms. The number of nitrogens with zero attached hydrogens (tertiary/aromatic N) is 2. The van der Waals surface area contributed by atoms with Gasteiger partial charge in [-0.05, 0) is 17.5 Å². The molecule has 0 fully saturated rings. The molecule has 0 aliphatic carbocycles. The van der Waals surface area contributed by atoms with E-state index in [1.165, 1.54) is 4.90 Å². The number of carbonyl (C=O) groups is 3. The maximum Gasteiger partial charge on any atom is 0.417 e. The van der Waals surface area contributed by atoms with Gasteiger partial charge in [-0.15, -0.1) is 0 Å². The number of hydrogen-bond donors (Lipinski definition) is 2. The van der Waals surface area contributed by atoms with E-state index in [0.717, 1.165) is 0 Å². The van der Waals surface area contributed by atoms with Crippen LogP contribution in [-0.4, -0.2) is 55.6 Å². The number of para-hydroxylation sites is 1. The highest BCUT2D eigenvalue weighted by molar-refractivity contribution is 6.08. The Hall–Kier alpha value is -4.14. The molecule has 178 valence electrons. The molecular weight excluding hydrogens is 436 g/mol. The number of ether oxygens (including phenoxy) is 2. The van der Waals surface area contributed by atoms with Crippen LogP contribution >= 0.6 is 0 Å². The summed E-state index contributed by atoms with van der Waals surface area (Å²) < 4.78 is 10.8. The molecule has 0 saturated carbocycles. The summed E-state index contributed by atoms with van der Waals surface area (Å²) in [4.78, 5) is 42.3. The van der Waals surface area contributed by atoms with Gasteiger partial charge in [0.05, 0.1) is 31.8 Å². The van der Waals surface area contributed by atoms with Crippen LogP contribution in [0.4, 0.5) is 10.5 Å². The molecule has 0 aromatic heterocycles. The molecule has 1 heterocycles. The van der Waals surface area contributed by atoms with Gasteiger partial charge in [0, 0.05) is 16.8 Å². The van der Waals surface area contributed by atoms with Crippen LogP contribution in [-0.2, 0) is 19.1 Å². The van der Waals surface area contributed by atoms with Crippen molar-refractivity contribution in [3.8, 4) is 0 Å². The number of anilines is 1. The summed E-state index contributed by atoms with van der Waals surface area (Å²) >= 11 is 0. The molecule has 2 aromatic carbocycles. The lowest BCUT2D eigenvalue weighted by atomic mass is 9.91. The number of nitrogens with two attached hydrogens (primary N) is 1. The summed E-state index contributed by atoms with van der Waals surface area (Å²) in [5, 5.41) is 2.54. The van der Waals surface area contributed by atoms with Gasteiger partial charge in [0.25, 0.3) is 0 Å². The summed E-state index contributed by atoms with van der Waals surface area (Å²) in [7, 11) is 0. The van der Waals surface area contributed by atoms with Crippen molar-refractivity contribution in [1.82, 2.24) is 10.2 Å². The third-order valence-corrected chi connectivity index (χ3v) is 4.95. The maximum absolute atomic E-state index is 13.4. The molecule has 9 nitrogen and oxygen atoms in total. The monoisotopic (exact) mass is 464 g/mol. The average Bonchev–Trinajstić information content (AvgIpc) is 3.29. The number of nitrogens with one attached hydrogen (secondary N) is 1. The van der Waals surface area contributed by atoms with E-state index in [-0.39, 0.29) is 43.8 Å². The van der Waals surface area contributed by atoms with E-state index in [1.807, 2.05) is 44.2 Å². The summed E-state index contributed by atoms with van der Waals surface area (Å²) in [6.07, 6.45) is -0.141. The fourth-order valence-corrected chi connectivity index (χ4v) is 3.37. The van der Waals surface area contributed by atoms with Crippen LogP contribution in [0.2, 0.25) is 0 Å². The Morgan fingerprint density at radius 2 is 1.85 bits per heavy atom. The maximum atomic E-state index is 13.4. The van der Waals surface area contributed by atoms with Gasteiger partial charge in [0.15, 0.2) is 0 Å². The van der Waals surface area contributed by atoms with E-state index < -0.39 is 12.1 Å². The number of hydrogen-bond acceptors (Lipinski definition) is 7. The van der Waals surface area contributed by atoms with Gasteiger partial charge in [-0.1, -0.05) is 62.4 Å². The van der Waals surface area contributed by atoms with Crippen LogP contribution in [0.15, 0.2) is 65.2 Å². The summed E-state index contributed by atoms with van der Waals surface area (Å²) in [5.74, 6) is -0.609. The van der Waals surface area contributed by atoms with Crippen LogP contribution < -0.4 is 11.1 Å². The van der Waals surface area contributed by atoms with Gasteiger partial charge in [0.1, 0.15) is 0 Å². The van der Waals surface area contributed by atoms with Crippen LogP contribution in [0.1, 0.15) is 25.0 Å². The van der Waals surface area contributed by atoms with Crippen LogP contribution in [0.25, 0.3) is 5.57 Å². The smallest absolute Gasteiger partial charge is 0.417 e. The summed E-state index contributed by atoms with van der Waals surface area (Å²) in [5.41, 5.74) is 8.67. The lowest BCUT2D eigenvalue weighted by Crippen LogP contribution is -2.38. The van der Waals surface area contributed by atoms with Crippen LogP contribution in [0.5, 0.6) is 0 Å². The van der Waals surface area contributed by atoms with Crippen molar-refractivity contribution in [2.24, 2.45) is 10.9 Å². The SMILES string of the molecule is CC(C)COC(=O)N1CCN=C1OC(=O)C(CNC=O)=C(c1ccccc1)c1ccccc1N. The quantitative estimate of drug-likeness (QED) is 0.268. The number of amidine groups is 1. The van der Waals surface area contributed by atoms with Gasteiger partial charge >= 0.3 is 18.1 Å². The number of benzene rings is 2. The molecule has 1 aliphatic rings. The fourth-order valence-electron chi connectivity index (χ4n) is 3.37. The lowest BCUT2D eigenvalue weighted by Gasteiger charge is -2.20. The van der Waals surface area contributed by atoms with E-state index in [4.69, 9.17) is 15.2 Å². The zero-order valence-electron chi connectivity index (χ0n) is 19.2. The molecule has 2 aromatic rings. The minimum absolute atomic E-state index is 0.119. The number of carbonyl (C=O) groups excluding carboxylic acids is 3. The van der Waals surface area contributed by atoms with Crippen molar-refractivity contribution >= 4 is 35.8 Å². The number of esters is 1. The zero-order valence-corrected chi connectivity index (χ0v) is 19.2. The molecule has 2 amide bonds. The number of aliphatic imine (C=N–C) groups is 1. The van der Waals surface area contributed by atoms with Crippen molar-refractivity contribution in [2.75, 3.05) is 32.0 Å². The number of rotatable bonds is 8. The molecule has 34 heavy (non-hydrogen) atoms. The van der Waals surface area contributed by atoms with Crippen molar-refractivity contribution in [2.45, 2.75) is 13.8 Å². The number of nitrogen functional groups attached to an aromatic ring is 1. The standard InChI is InChI=1S/C25H28N4O5/c1-17(2)15-33-25(32)29-13-12-28-24(29)34-23(31)20(14-27-16-30)22(18-8-4-3-5-9-18)19-10-6-7-11-21(19)26/h3-11,16-17H,12-15,26H2,1-2H3,(H,27,30). The van der Waals surface area contributed by atoms with E-state index in [9.17, 15) is 14.4 Å². The Balaban J connectivity index is 1.99. The molecule has 0 unspecified atom stereocenters. The lowest BCUT2D eigenvalue weighted by molar-refractivity contribution is -0.131. The molecule has 0 radical (unpaired) electrons. The summed E-state index contributed by atoms with van der Waals surface area (Å²) in [6, 6.07) is 16.1. The molecule has 3 rings (SSSR count). The first kappa shape index (κ1) is 24.5. The molecule has 1 aliphatic heterocycles. The van der Waals surface area contributed by atoms with Crippen molar-refractivity contribution in [3.05, 3.63) is 71.3 Å². The number of amides is 2. The first-order chi connectivity index (χ1) is 16.4. The van der Waals surface area contributed by atoms with Crippen LogP contribution in [0.3, 0.4) is 0 Å². The van der Waals surface area contributed by atoms with Crippen molar-refractivity contribution in [3.63, 3.8) is 0 Å². The van der Waals surface area contributed by atoms with Gasteiger partial charge in [-0.25, -0.2) is 19.5 Å². The van der Waals surface area contributed by atoms with E-state index in [1.54, 1.807) is 24.3 Å². The predicted octanol–water partition coefficient (Wildman–Crippen LogP) is 2.82. The molecular formula is C25H28N4O5. The molecule has 0 atom stereocenters. The van der Waals surface area contributed by atoms with Gasteiger partial charge < -0.3 is 20.5 Å².